The second-order valence-electron chi connectivity index (χ2n) is 9.57. The first kappa shape index (κ1) is 27.1. The molecule has 0 fully saturated rings. The Morgan fingerprint density at radius 2 is 1.92 bits per heavy atom. The van der Waals surface area contributed by atoms with Crippen molar-refractivity contribution in [3.05, 3.63) is 72.2 Å². The minimum atomic E-state index is -0.681. The van der Waals surface area contributed by atoms with E-state index >= 15 is 0 Å². The highest BCUT2D eigenvalue weighted by atomic mass is 16.6. The van der Waals surface area contributed by atoms with Crippen LogP contribution >= 0.6 is 0 Å². The molecule has 2 aromatic heterocycles. The van der Waals surface area contributed by atoms with Gasteiger partial charge in [-0.2, -0.15) is 0 Å². The third kappa shape index (κ3) is 8.64. The Morgan fingerprint density at radius 1 is 1.11 bits per heavy atom. The van der Waals surface area contributed by atoms with Crippen molar-refractivity contribution < 1.29 is 19.4 Å². The molecule has 192 valence electrons. The van der Waals surface area contributed by atoms with Crippen LogP contribution in [0.25, 0.3) is 17.0 Å². The highest BCUT2D eigenvalue weighted by Crippen LogP contribution is 2.24. The molecule has 3 aromatic rings. The highest BCUT2D eigenvalue weighted by Gasteiger charge is 2.23. The van der Waals surface area contributed by atoms with Gasteiger partial charge >= 0.3 is 5.97 Å². The van der Waals surface area contributed by atoms with Crippen molar-refractivity contribution in [1.29, 1.82) is 0 Å². The molecule has 0 aliphatic heterocycles. The maximum atomic E-state index is 12.5. The summed E-state index contributed by atoms with van der Waals surface area (Å²) in [5.41, 5.74) is 2.29. The molecule has 2 N–H and O–H groups in total. The molecule has 0 saturated carbocycles. The van der Waals surface area contributed by atoms with Crippen LogP contribution < -0.4 is 5.32 Å². The predicted molar refractivity (Wildman–Crippen MR) is 142 cm³/mol. The minimum Gasteiger partial charge on any atom is -0.459 e. The standard InChI is InChI=1S/C29H37N3O4/c1-29(2,15-19-33)36-28(35)20-24-22-32(26-12-6-5-11-25(24)26)18-8-4-3-7-17-31-27(34)14-13-23-10-9-16-30-21-23/h5-6,9-14,16,21-22,33H,3-4,7-8,15,17-20H2,1-2H3,(H,31,34)/b14-13+. The van der Waals surface area contributed by atoms with Crippen LogP contribution in [0.4, 0.5) is 0 Å². The lowest BCUT2D eigenvalue weighted by Gasteiger charge is -2.24. The normalized spacial score (nSPS) is 11.8. The third-order valence-corrected chi connectivity index (χ3v) is 6.05. The van der Waals surface area contributed by atoms with Crippen molar-refractivity contribution in [3.63, 3.8) is 0 Å². The second kappa shape index (κ2) is 13.6. The van der Waals surface area contributed by atoms with Crippen molar-refractivity contribution in [2.75, 3.05) is 13.2 Å². The molecule has 7 heteroatoms. The van der Waals surface area contributed by atoms with Crippen LogP contribution in [0.5, 0.6) is 0 Å². The maximum absolute atomic E-state index is 12.5. The first-order valence-corrected chi connectivity index (χ1v) is 12.6. The fraction of sp³-hybridized carbons (Fsp3) is 0.414. The van der Waals surface area contributed by atoms with Gasteiger partial charge in [0.2, 0.25) is 5.91 Å². The zero-order valence-electron chi connectivity index (χ0n) is 21.3. The average molecular weight is 492 g/mol. The van der Waals surface area contributed by atoms with Crippen LogP contribution in [-0.4, -0.2) is 45.3 Å². The predicted octanol–water partition coefficient (Wildman–Crippen LogP) is 4.67. The van der Waals surface area contributed by atoms with E-state index in [1.54, 1.807) is 18.5 Å². The van der Waals surface area contributed by atoms with Gasteiger partial charge in [0, 0.05) is 61.7 Å². The zero-order valence-corrected chi connectivity index (χ0v) is 21.3. The molecule has 3 rings (SSSR count). The number of aryl methyl sites for hydroxylation is 1. The molecular weight excluding hydrogens is 454 g/mol. The van der Waals surface area contributed by atoms with Crippen LogP contribution in [0.15, 0.2) is 61.1 Å². The Bertz CT molecular complexity index is 1150. The van der Waals surface area contributed by atoms with Gasteiger partial charge in [-0.15, -0.1) is 0 Å². The molecule has 0 aliphatic carbocycles. The molecule has 1 aromatic carbocycles. The summed E-state index contributed by atoms with van der Waals surface area (Å²) in [5.74, 6) is -0.378. The molecule has 2 heterocycles. The summed E-state index contributed by atoms with van der Waals surface area (Å²) in [6.45, 7) is 5.13. The smallest absolute Gasteiger partial charge is 0.310 e. The zero-order chi connectivity index (χ0) is 25.8. The number of aliphatic hydroxyl groups is 1. The molecule has 0 spiro atoms. The van der Waals surface area contributed by atoms with Gasteiger partial charge in [0.15, 0.2) is 0 Å². The lowest BCUT2D eigenvalue weighted by molar-refractivity contribution is -0.156. The fourth-order valence-electron chi connectivity index (χ4n) is 4.15. The first-order chi connectivity index (χ1) is 17.4. The summed E-state index contributed by atoms with van der Waals surface area (Å²) in [7, 11) is 0. The van der Waals surface area contributed by atoms with Crippen LogP contribution in [0.2, 0.25) is 0 Å². The molecule has 0 aliphatic rings. The minimum absolute atomic E-state index is 0.0187. The van der Waals surface area contributed by atoms with Crippen LogP contribution in [-0.2, 0) is 27.3 Å². The number of rotatable bonds is 14. The van der Waals surface area contributed by atoms with E-state index in [1.165, 1.54) is 6.08 Å². The number of carbonyl (C=O) groups is 2. The highest BCUT2D eigenvalue weighted by molar-refractivity contribution is 5.91. The van der Waals surface area contributed by atoms with Crippen molar-refractivity contribution in [3.8, 4) is 0 Å². The summed E-state index contributed by atoms with van der Waals surface area (Å²) in [4.78, 5) is 28.5. The Morgan fingerprint density at radius 3 is 2.69 bits per heavy atom. The number of para-hydroxylation sites is 1. The van der Waals surface area contributed by atoms with Gasteiger partial charge in [-0.25, -0.2) is 0 Å². The maximum Gasteiger partial charge on any atom is 0.310 e. The number of hydrogen-bond donors (Lipinski definition) is 2. The van der Waals surface area contributed by atoms with Crippen LogP contribution in [0, 0.1) is 0 Å². The summed E-state index contributed by atoms with van der Waals surface area (Å²) in [6.07, 6.45) is 13.4. The van der Waals surface area contributed by atoms with Gasteiger partial charge in [0.1, 0.15) is 5.60 Å². The number of hydrogen-bond acceptors (Lipinski definition) is 5. The Hall–Kier alpha value is -3.45. The quantitative estimate of drug-likeness (QED) is 0.194. The SMILES string of the molecule is CC(C)(CCO)OC(=O)Cc1cn(CCCCCCNC(=O)/C=C/c2cccnc2)c2ccccc12. The summed E-state index contributed by atoms with van der Waals surface area (Å²) < 4.78 is 7.80. The van der Waals surface area contributed by atoms with Crippen molar-refractivity contribution >= 4 is 28.9 Å². The Balaban J connectivity index is 1.42. The number of amides is 1. The van der Waals surface area contributed by atoms with Crippen molar-refractivity contribution in [1.82, 2.24) is 14.9 Å². The van der Waals surface area contributed by atoms with Crippen molar-refractivity contribution in [2.45, 2.75) is 64.5 Å². The number of benzene rings is 1. The van der Waals surface area contributed by atoms with Gasteiger partial charge in [0.25, 0.3) is 0 Å². The molecular formula is C29H37N3O4. The number of fused-ring (bicyclic) bond motifs is 1. The van der Waals surface area contributed by atoms with Gasteiger partial charge in [-0.3, -0.25) is 14.6 Å². The molecule has 0 bridgehead atoms. The van der Waals surface area contributed by atoms with Crippen LogP contribution in [0.3, 0.4) is 0 Å². The topological polar surface area (TPSA) is 93.5 Å². The number of nitrogens with zero attached hydrogens (tertiary/aromatic N) is 2. The molecule has 36 heavy (non-hydrogen) atoms. The number of esters is 1. The first-order valence-electron chi connectivity index (χ1n) is 12.6. The van der Waals surface area contributed by atoms with E-state index in [4.69, 9.17) is 9.84 Å². The average Bonchev–Trinajstić information content (AvgIpc) is 3.19. The summed E-state index contributed by atoms with van der Waals surface area (Å²) >= 11 is 0. The monoisotopic (exact) mass is 491 g/mol. The molecule has 0 saturated heterocycles. The fourth-order valence-corrected chi connectivity index (χ4v) is 4.15. The lowest BCUT2D eigenvalue weighted by atomic mass is 10.1. The molecule has 0 atom stereocenters. The molecule has 0 radical (unpaired) electrons. The summed E-state index contributed by atoms with van der Waals surface area (Å²) in [5, 5.41) is 13.2. The van der Waals surface area contributed by atoms with E-state index in [0.717, 1.165) is 54.3 Å². The van der Waals surface area contributed by atoms with E-state index in [-0.39, 0.29) is 24.9 Å². The van der Waals surface area contributed by atoms with E-state index < -0.39 is 5.60 Å². The van der Waals surface area contributed by atoms with Crippen LogP contribution in [0.1, 0.15) is 57.1 Å². The van der Waals surface area contributed by atoms with Gasteiger partial charge in [0.05, 0.1) is 6.42 Å². The van der Waals surface area contributed by atoms with Gasteiger partial charge < -0.3 is 19.7 Å². The number of unbranched alkanes of at least 4 members (excludes halogenated alkanes) is 3. The Labute approximate surface area is 213 Å². The second-order valence-corrected chi connectivity index (χ2v) is 9.57. The number of aromatic nitrogens is 2. The van der Waals surface area contributed by atoms with E-state index in [9.17, 15) is 9.59 Å². The van der Waals surface area contributed by atoms with E-state index in [2.05, 4.69) is 27.1 Å². The molecule has 0 unspecified atom stereocenters. The van der Waals surface area contributed by atoms with Crippen molar-refractivity contribution in [2.24, 2.45) is 0 Å². The number of carbonyl (C=O) groups excluding carboxylic acids is 2. The molecule has 1 amide bonds. The Kier molecular flexibility index (Phi) is 10.2. The largest absolute Gasteiger partial charge is 0.459 e. The number of ether oxygens (including phenoxy) is 1. The number of nitrogens with one attached hydrogen (secondary N) is 1. The number of aliphatic hydroxyl groups excluding tert-OH is 1. The van der Waals surface area contributed by atoms with E-state index in [0.29, 0.717) is 13.0 Å². The summed E-state index contributed by atoms with van der Waals surface area (Å²) in [6, 6.07) is 11.9. The van der Waals surface area contributed by atoms with E-state index in [1.807, 2.05) is 44.2 Å². The lowest BCUT2D eigenvalue weighted by Crippen LogP contribution is -2.29. The number of pyridine rings is 1. The van der Waals surface area contributed by atoms with Gasteiger partial charge in [-0.1, -0.05) is 37.1 Å². The molecule has 7 nitrogen and oxygen atoms in total. The third-order valence-electron chi connectivity index (χ3n) is 6.05. The van der Waals surface area contributed by atoms with Gasteiger partial charge in [-0.05, 0) is 56.0 Å².